The van der Waals surface area contributed by atoms with E-state index in [9.17, 15) is 14.9 Å². The Morgan fingerprint density at radius 1 is 1.19 bits per heavy atom. The fraction of sp³-hybridized carbons (Fsp3) is 0.111. The zero-order valence-corrected chi connectivity index (χ0v) is 14.3. The molecule has 132 valence electrons. The van der Waals surface area contributed by atoms with Crippen LogP contribution in [0.15, 0.2) is 53.9 Å². The molecule has 0 atom stereocenters. The van der Waals surface area contributed by atoms with Crippen LogP contribution in [-0.2, 0) is 17.8 Å². The van der Waals surface area contributed by atoms with E-state index in [1.165, 1.54) is 23.5 Å². The van der Waals surface area contributed by atoms with Gasteiger partial charge in [0.05, 0.1) is 22.6 Å². The molecule has 0 aliphatic carbocycles. The molecule has 0 bridgehead atoms. The first-order chi connectivity index (χ1) is 12.5. The number of carbonyl (C=O) groups is 1. The topological polar surface area (TPSA) is 103 Å². The second-order valence-electron chi connectivity index (χ2n) is 5.42. The largest absolute Gasteiger partial charge is 0.488 e. The average molecular weight is 370 g/mol. The lowest BCUT2D eigenvalue weighted by Crippen LogP contribution is -2.00. The van der Waals surface area contributed by atoms with Gasteiger partial charge in [-0.05, 0) is 29.8 Å². The normalized spacial score (nSPS) is 10.5. The minimum absolute atomic E-state index is 0.0305. The van der Waals surface area contributed by atoms with Crippen LogP contribution in [0.25, 0.3) is 10.6 Å². The minimum Gasteiger partial charge on any atom is -0.488 e. The number of aliphatic carboxylic acids is 1. The van der Waals surface area contributed by atoms with Gasteiger partial charge in [0.25, 0.3) is 5.69 Å². The van der Waals surface area contributed by atoms with Crippen molar-refractivity contribution >= 4 is 23.0 Å². The quantitative estimate of drug-likeness (QED) is 0.499. The third-order valence-electron chi connectivity index (χ3n) is 3.54. The molecule has 1 N–H and O–H groups in total. The van der Waals surface area contributed by atoms with Crippen molar-refractivity contribution in [1.29, 1.82) is 0 Å². The molecule has 0 unspecified atom stereocenters. The fourth-order valence-corrected chi connectivity index (χ4v) is 3.16. The Kier molecular flexibility index (Phi) is 5.23. The summed E-state index contributed by atoms with van der Waals surface area (Å²) in [5, 5.41) is 22.0. The Hall–Kier alpha value is -3.26. The molecule has 0 amide bonds. The third-order valence-corrected chi connectivity index (χ3v) is 4.47. The van der Waals surface area contributed by atoms with Gasteiger partial charge >= 0.3 is 5.97 Å². The van der Waals surface area contributed by atoms with E-state index in [1.54, 1.807) is 23.6 Å². The van der Waals surface area contributed by atoms with Crippen LogP contribution in [0, 0.1) is 10.1 Å². The van der Waals surface area contributed by atoms with Gasteiger partial charge in [-0.1, -0.05) is 12.1 Å². The summed E-state index contributed by atoms with van der Waals surface area (Å²) >= 11 is 1.36. The predicted octanol–water partition coefficient (Wildman–Crippen LogP) is 3.92. The van der Waals surface area contributed by atoms with Crippen molar-refractivity contribution in [1.82, 2.24) is 4.98 Å². The number of carboxylic acid groups (broad SMARTS) is 1. The first kappa shape index (κ1) is 17.6. The van der Waals surface area contributed by atoms with Crippen LogP contribution in [0.5, 0.6) is 5.75 Å². The van der Waals surface area contributed by atoms with Crippen molar-refractivity contribution in [2.75, 3.05) is 0 Å². The molecule has 0 radical (unpaired) electrons. The van der Waals surface area contributed by atoms with Gasteiger partial charge in [-0.25, -0.2) is 4.98 Å². The molecule has 0 spiro atoms. The van der Waals surface area contributed by atoms with Crippen LogP contribution in [0.1, 0.15) is 11.3 Å². The van der Waals surface area contributed by atoms with E-state index in [4.69, 9.17) is 9.84 Å². The summed E-state index contributed by atoms with van der Waals surface area (Å²) in [7, 11) is 0. The van der Waals surface area contributed by atoms with Gasteiger partial charge in [0.15, 0.2) is 0 Å². The zero-order valence-electron chi connectivity index (χ0n) is 13.5. The highest BCUT2D eigenvalue weighted by molar-refractivity contribution is 7.13. The van der Waals surface area contributed by atoms with Crippen LogP contribution in [0.4, 0.5) is 5.69 Å². The average Bonchev–Trinajstić information content (AvgIpc) is 3.08. The van der Waals surface area contributed by atoms with E-state index in [-0.39, 0.29) is 18.7 Å². The molecule has 3 rings (SSSR count). The molecule has 1 heterocycles. The first-order valence-corrected chi connectivity index (χ1v) is 8.52. The Labute approximate surface area is 152 Å². The maximum Gasteiger partial charge on any atom is 0.309 e. The third kappa shape index (κ3) is 4.22. The van der Waals surface area contributed by atoms with Gasteiger partial charge in [-0.2, -0.15) is 0 Å². The lowest BCUT2D eigenvalue weighted by Gasteiger charge is -2.10. The van der Waals surface area contributed by atoms with Crippen LogP contribution >= 0.6 is 11.3 Å². The standard InChI is InChI=1S/C18H14N2O5S/c21-17(22)9-13-11-26-18(19-13)15-3-1-2-4-16(15)25-10-12-5-7-14(8-6-12)20(23)24/h1-8,11H,9-10H2,(H,21,22). The molecule has 3 aromatic rings. The number of carboxylic acids is 1. The number of hydrogen-bond donors (Lipinski definition) is 1. The number of non-ortho nitro benzene ring substituents is 1. The van der Waals surface area contributed by atoms with Gasteiger partial charge in [0.2, 0.25) is 0 Å². The van der Waals surface area contributed by atoms with Crippen LogP contribution < -0.4 is 4.74 Å². The number of nitro benzene ring substituents is 1. The lowest BCUT2D eigenvalue weighted by molar-refractivity contribution is -0.384. The summed E-state index contributed by atoms with van der Waals surface area (Å²) in [6.07, 6.45) is -0.123. The van der Waals surface area contributed by atoms with Crippen molar-refractivity contribution in [2.24, 2.45) is 0 Å². The predicted molar refractivity (Wildman–Crippen MR) is 96.3 cm³/mol. The van der Waals surface area contributed by atoms with Crippen molar-refractivity contribution in [3.63, 3.8) is 0 Å². The molecule has 1 aromatic heterocycles. The number of para-hydroxylation sites is 1. The van der Waals surface area contributed by atoms with Crippen LogP contribution in [-0.4, -0.2) is 21.0 Å². The molecule has 0 aliphatic heterocycles. The van der Waals surface area contributed by atoms with Crippen molar-refractivity contribution in [2.45, 2.75) is 13.0 Å². The van der Waals surface area contributed by atoms with E-state index in [1.807, 2.05) is 18.2 Å². The highest BCUT2D eigenvalue weighted by atomic mass is 32.1. The van der Waals surface area contributed by atoms with E-state index >= 15 is 0 Å². The number of thiazole rings is 1. The summed E-state index contributed by atoms with van der Waals surface area (Å²) in [5.41, 5.74) is 2.11. The molecular weight excluding hydrogens is 356 g/mol. The minimum atomic E-state index is -0.926. The lowest BCUT2D eigenvalue weighted by atomic mass is 10.2. The Morgan fingerprint density at radius 3 is 2.62 bits per heavy atom. The molecule has 0 fully saturated rings. The molecule has 0 aliphatic rings. The second kappa shape index (κ2) is 7.75. The van der Waals surface area contributed by atoms with Crippen molar-refractivity contribution in [3.05, 3.63) is 75.3 Å². The fourth-order valence-electron chi connectivity index (χ4n) is 2.31. The molecule has 8 heteroatoms. The van der Waals surface area contributed by atoms with E-state index in [0.717, 1.165) is 11.1 Å². The number of nitrogens with zero attached hydrogens (tertiary/aromatic N) is 2. The SMILES string of the molecule is O=C(O)Cc1csc(-c2ccccc2OCc2ccc([N+](=O)[O-])cc2)n1. The molecule has 0 saturated carbocycles. The van der Waals surface area contributed by atoms with Crippen molar-refractivity contribution in [3.8, 4) is 16.3 Å². The number of aromatic nitrogens is 1. The number of nitro groups is 1. The Balaban J connectivity index is 1.76. The summed E-state index contributed by atoms with van der Waals surface area (Å²) in [6.45, 7) is 0.252. The smallest absolute Gasteiger partial charge is 0.309 e. The molecule has 0 saturated heterocycles. The molecule has 7 nitrogen and oxygen atoms in total. The maximum atomic E-state index is 10.8. The Morgan fingerprint density at radius 2 is 1.92 bits per heavy atom. The van der Waals surface area contributed by atoms with Crippen molar-refractivity contribution < 1.29 is 19.6 Å². The number of rotatable bonds is 7. The van der Waals surface area contributed by atoms with Crippen LogP contribution in [0.2, 0.25) is 0 Å². The summed E-state index contributed by atoms with van der Waals surface area (Å²) in [6, 6.07) is 13.5. The van der Waals surface area contributed by atoms with E-state index in [0.29, 0.717) is 16.5 Å². The summed E-state index contributed by atoms with van der Waals surface area (Å²) < 4.78 is 5.85. The van der Waals surface area contributed by atoms with Gasteiger partial charge in [0.1, 0.15) is 17.4 Å². The first-order valence-electron chi connectivity index (χ1n) is 7.64. The molecular formula is C18H14N2O5S. The number of ether oxygens (including phenoxy) is 1. The number of benzene rings is 2. The molecule has 2 aromatic carbocycles. The zero-order chi connectivity index (χ0) is 18.5. The van der Waals surface area contributed by atoms with Crippen LogP contribution in [0.3, 0.4) is 0 Å². The van der Waals surface area contributed by atoms with E-state index < -0.39 is 10.9 Å². The van der Waals surface area contributed by atoms with Gasteiger partial charge in [-0.3, -0.25) is 14.9 Å². The maximum absolute atomic E-state index is 10.8. The summed E-state index contributed by atoms with van der Waals surface area (Å²) in [4.78, 5) is 25.4. The van der Waals surface area contributed by atoms with Gasteiger partial charge in [0, 0.05) is 17.5 Å². The summed E-state index contributed by atoms with van der Waals surface area (Å²) in [5.74, 6) is -0.313. The van der Waals surface area contributed by atoms with Gasteiger partial charge in [-0.15, -0.1) is 11.3 Å². The Bertz CT molecular complexity index is 937. The monoisotopic (exact) mass is 370 g/mol. The van der Waals surface area contributed by atoms with Gasteiger partial charge < -0.3 is 9.84 Å². The number of hydrogen-bond acceptors (Lipinski definition) is 6. The second-order valence-corrected chi connectivity index (χ2v) is 6.28. The highest BCUT2D eigenvalue weighted by Crippen LogP contribution is 2.32. The molecule has 26 heavy (non-hydrogen) atoms. The van der Waals surface area contributed by atoms with E-state index in [2.05, 4.69) is 4.98 Å². The highest BCUT2D eigenvalue weighted by Gasteiger charge is 2.12.